The molecule has 2 heterocycles. The van der Waals surface area contributed by atoms with E-state index in [-0.39, 0.29) is 16.5 Å². The second kappa shape index (κ2) is 6.33. The minimum absolute atomic E-state index is 0.159. The van der Waals surface area contributed by atoms with Crippen molar-refractivity contribution in [2.45, 2.75) is 18.2 Å². The van der Waals surface area contributed by atoms with Crippen molar-refractivity contribution in [1.29, 1.82) is 0 Å². The number of rotatable bonds is 3. The largest absolute Gasteiger partial charge is 0.267 e. The number of anilines is 1. The molecule has 3 aromatic rings. The van der Waals surface area contributed by atoms with Crippen LogP contribution < -0.4 is 4.31 Å². The van der Waals surface area contributed by atoms with Gasteiger partial charge in [-0.2, -0.15) is 0 Å². The van der Waals surface area contributed by atoms with Crippen molar-refractivity contribution in [3.05, 3.63) is 63.2 Å². The molecule has 0 amide bonds. The lowest BCUT2D eigenvalue weighted by Crippen LogP contribution is -2.29. The van der Waals surface area contributed by atoms with Crippen LogP contribution in [0.4, 0.5) is 10.1 Å². The predicted molar refractivity (Wildman–Crippen MR) is 102 cm³/mol. The van der Waals surface area contributed by atoms with E-state index in [1.54, 1.807) is 17.4 Å². The highest BCUT2D eigenvalue weighted by Gasteiger charge is 2.33. The van der Waals surface area contributed by atoms with Crippen molar-refractivity contribution in [1.82, 2.24) is 4.98 Å². The fourth-order valence-corrected chi connectivity index (χ4v) is 5.41. The van der Waals surface area contributed by atoms with Crippen LogP contribution >= 0.6 is 22.9 Å². The molecule has 26 heavy (non-hydrogen) atoms. The Hall–Kier alpha value is -1.96. The van der Waals surface area contributed by atoms with Crippen molar-refractivity contribution >= 4 is 38.6 Å². The second-order valence-corrected chi connectivity index (χ2v) is 9.33. The lowest BCUT2D eigenvalue weighted by molar-refractivity contribution is 0.564. The third-order valence-corrected chi connectivity index (χ3v) is 7.16. The maximum absolute atomic E-state index is 14.2. The highest BCUT2D eigenvalue weighted by Crippen LogP contribution is 2.36. The average Bonchev–Trinajstić information content (AvgIpc) is 3.20. The summed E-state index contributed by atoms with van der Waals surface area (Å²) in [6.45, 7) is 2.22. The van der Waals surface area contributed by atoms with Gasteiger partial charge in [0.2, 0.25) is 0 Å². The molecule has 0 saturated carbocycles. The molecule has 1 aliphatic heterocycles. The summed E-state index contributed by atoms with van der Waals surface area (Å²) in [6, 6.07) is 9.16. The highest BCUT2D eigenvalue weighted by molar-refractivity contribution is 7.92. The quantitative estimate of drug-likeness (QED) is 0.633. The lowest BCUT2D eigenvalue weighted by Gasteiger charge is -2.20. The van der Waals surface area contributed by atoms with Gasteiger partial charge in [-0.1, -0.05) is 17.7 Å². The minimum atomic E-state index is -3.99. The topological polar surface area (TPSA) is 50.3 Å². The molecular formula is C18H14ClFN2O2S2. The Morgan fingerprint density at radius 1 is 1.23 bits per heavy atom. The number of halogens is 2. The third kappa shape index (κ3) is 2.90. The van der Waals surface area contributed by atoms with Crippen LogP contribution in [-0.2, 0) is 16.4 Å². The zero-order valence-corrected chi connectivity index (χ0v) is 16.1. The van der Waals surface area contributed by atoms with E-state index < -0.39 is 15.8 Å². The number of benzene rings is 2. The van der Waals surface area contributed by atoms with Gasteiger partial charge in [0.25, 0.3) is 10.0 Å². The zero-order chi connectivity index (χ0) is 18.5. The van der Waals surface area contributed by atoms with Crippen LogP contribution in [0.1, 0.15) is 10.6 Å². The van der Waals surface area contributed by atoms with Crippen LogP contribution in [0.2, 0.25) is 5.02 Å². The fourth-order valence-electron chi connectivity index (χ4n) is 3.08. The van der Waals surface area contributed by atoms with E-state index in [2.05, 4.69) is 4.98 Å². The Balaban J connectivity index is 1.73. The molecule has 0 atom stereocenters. The Bertz CT molecular complexity index is 1110. The van der Waals surface area contributed by atoms with Crippen molar-refractivity contribution in [3.8, 4) is 11.3 Å². The number of hydrogen-bond acceptors (Lipinski definition) is 4. The highest BCUT2D eigenvalue weighted by atomic mass is 35.5. The van der Waals surface area contributed by atoms with E-state index >= 15 is 0 Å². The Kier molecular flexibility index (Phi) is 4.25. The lowest BCUT2D eigenvalue weighted by atomic mass is 10.1. The summed E-state index contributed by atoms with van der Waals surface area (Å²) in [5, 5.41) is 3.11. The number of thiazole rings is 1. The van der Waals surface area contributed by atoms with Crippen LogP contribution in [0.15, 0.2) is 46.7 Å². The summed E-state index contributed by atoms with van der Waals surface area (Å²) in [7, 11) is -3.99. The van der Waals surface area contributed by atoms with E-state index in [1.165, 1.54) is 16.4 Å². The molecule has 0 spiro atoms. The number of fused-ring (bicyclic) bond motifs is 1. The number of sulfonamides is 1. The van der Waals surface area contributed by atoms with Gasteiger partial charge in [-0.3, -0.25) is 4.31 Å². The first-order valence-electron chi connectivity index (χ1n) is 7.89. The maximum atomic E-state index is 14.2. The molecule has 0 aliphatic carbocycles. The van der Waals surface area contributed by atoms with Gasteiger partial charge in [0.1, 0.15) is 10.7 Å². The SMILES string of the molecule is Cc1nc(-c2ccc3c(c2)CCN3S(=O)(=O)c2ccc(Cl)cc2F)cs1. The van der Waals surface area contributed by atoms with Gasteiger partial charge in [0.15, 0.2) is 0 Å². The first-order valence-corrected chi connectivity index (χ1v) is 10.6. The Morgan fingerprint density at radius 2 is 2.04 bits per heavy atom. The third-order valence-electron chi connectivity index (χ3n) is 4.31. The molecule has 1 aromatic heterocycles. The minimum Gasteiger partial charge on any atom is -0.266 e. The summed E-state index contributed by atoms with van der Waals surface area (Å²) < 4.78 is 41.3. The number of hydrogen-bond donors (Lipinski definition) is 0. The molecule has 1 aliphatic rings. The predicted octanol–water partition coefficient (Wildman–Crippen LogP) is 4.66. The van der Waals surface area contributed by atoms with Gasteiger partial charge in [-0.15, -0.1) is 11.3 Å². The van der Waals surface area contributed by atoms with E-state index in [0.717, 1.165) is 27.9 Å². The zero-order valence-electron chi connectivity index (χ0n) is 13.7. The molecule has 0 unspecified atom stereocenters. The van der Waals surface area contributed by atoms with Crippen molar-refractivity contribution < 1.29 is 12.8 Å². The normalized spacial score (nSPS) is 13.9. The average molecular weight is 409 g/mol. The molecule has 4 rings (SSSR count). The molecule has 0 saturated heterocycles. The summed E-state index contributed by atoms with van der Waals surface area (Å²) in [5.41, 5.74) is 3.31. The van der Waals surface area contributed by atoms with Gasteiger partial charge in [-0.05, 0) is 49.2 Å². The Labute approximate surface area is 159 Å². The van der Waals surface area contributed by atoms with Gasteiger partial charge >= 0.3 is 0 Å². The van der Waals surface area contributed by atoms with E-state index in [9.17, 15) is 12.8 Å². The van der Waals surface area contributed by atoms with Gasteiger partial charge in [0.05, 0.1) is 16.4 Å². The summed E-state index contributed by atoms with van der Waals surface area (Å²) in [6.07, 6.45) is 0.570. The molecule has 0 bridgehead atoms. The molecule has 134 valence electrons. The molecule has 2 aromatic carbocycles. The first-order chi connectivity index (χ1) is 12.4. The van der Waals surface area contributed by atoms with E-state index in [4.69, 9.17) is 11.6 Å². The van der Waals surface area contributed by atoms with Crippen molar-refractivity contribution in [2.24, 2.45) is 0 Å². The van der Waals surface area contributed by atoms with E-state index in [1.807, 2.05) is 24.4 Å². The number of nitrogens with zero attached hydrogens (tertiary/aromatic N) is 2. The fraction of sp³-hybridized carbons (Fsp3) is 0.167. The van der Waals surface area contributed by atoms with Gasteiger partial charge in [0, 0.05) is 22.5 Å². The van der Waals surface area contributed by atoms with Crippen molar-refractivity contribution in [3.63, 3.8) is 0 Å². The summed E-state index contributed by atoms with van der Waals surface area (Å²) in [4.78, 5) is 4.10. The standard InChI is InChI=1S/C18H14ClFN2O2S2/c1-11-21-16(10-25-11)12-2-4-17-13(8-12)6-7-22(17)26(23,24)18-5-3-14(19)9-15(18)20/h2-5,8-10H,6-7H2,1H3. The summed E-state index contributed by atoms with van der Waals surface area (Å²) in [5.74, 6) is -0.847. The van der Waals surface area contributed by atoms with Crippen LogP contribution in [0.5, 0.6) is 0 Å². The summed E-state index contributed by atoms with van der Waals surface area (Å²) >= 11 is 7.30. The van der Waals surface area contributed by atoms with E-state index in [0.29, 0.717) is 12.1 Å². The Morgan fingerprint density at radius 3 is 2.73 bits per heavy atom. The van der Waals surface area contributed by atoms with Crippen LogP contribution in [0, 0.1) is 12.7 Å². The van der Waals surface area contributed by atoms with Crippen LogP contribution in [0.3, 0.4) is 0 Å². The van der Waals surface area contributed by atoms with Crippen LogP contribution in [0.25, 0.3) is 11.3 Å². The van der Waals surface area contributed by atoms with Gasteiger partial charge in [-0.25, -0.2) is 17.8 Å². The maximum Gasteiger partial charge on any atom is 0.267 e. The molecular weight excluding hydrogens is 395 g/mol. The molecule has 8 heteroatoms. The smallest absolute Gasteiger partial charge is 0.266 e. The number of aryl methyl sites for hydroxylation is 1. The molecule has 0 N–H and O–H groups in total. The molecule has 0 fully saturated rings. The molecule has 4 nitrogen and oxygen atoms in total. The second-order valence-electron chi connectivity index (χ2n) is 6.00. The first kappa shape index (κ1) is 17.5. The van der Waals surface area contributed by atoms with Crippen LogP contribution in [-0.4, -0.2) is 19.9 Å². The van der Waals surface area contributed by atoms with Gasteiger partial charge < -0.3 is 0 Å². The monoisotopic (exact) mass is 408 g/mol. The number of aromatic nitrogens is 1. The molecule has 0 radical (unpaired) electrons. The van der Waals surface area contributed by atoms with Crippen molar-refractivity contribution in [2.75, 3.05) is 10.8 Å².